The first kappa shape index (κ1) is 24.9. The van der Waals surface area contributed by atoms with Crippen molar-refractivity contribution in [2.24, 2.45) is 0 Å². The van der Waals surface area contributed by atoms with Gasteiger partial charge in [-0.2, -0.15) is 0 Å². The molecule has 0 N–H and O–H groups in total. The maximum atomic E-state index is 13.7. The molecule has 0 aliphatic carbocycles. The van der Waals surface area contributed by atoms with E-state index in [4.69, 9.17) is 18.9 Å². The van der Waals surface area contributed by atoms with Crippen molar-refractivity contribution in [1.82, 2.24) is 0 Å². The lowest BCUT2D eigenvalue weighted by molar-refractivity contribution is -0.104. The van der Waals surface area contributed by atoms with Gasteiger partial charge >= 0.3 is 0 Å². The molecule has 33 heavy (non-hydrogen) atoms. The highest BCUT2D eigenvalue weighted by Gasteiger charge is 2.38. The van der Waals surface area contributed by atoms with Crippen molar-refractivity contribution >= 4 is 12.4 Å². The van der Waals surface area contributed by atoms with Crippen molar-refractivity contribution in [3.8, 4) is 22.6 Å². The zero-order chi connectivity index (χ0) is 24.0. The van der Waals surface area contributed by atoms with Gasteiger partial charge in [-0.15, -0.1) is 0 Å². The topological polar surface area (TPSA) is 54.0 Å². The minimum absolute atomic E-state index is 0.174. The summed E-state index contributed by atoms with van der Waals surface area (Å²) in [5.74, 6) is 1.16. The summed E-state index contributed by atoms with van der Waals surface area (Å²) in [5.41, 5.74) is 4.25. The van der Waals surface area contributed by atoms with Crippen LogP contribution in [0.4, 0.5) is 4.39 Å². The van der Waals surface area contributed by atoms with Crippen LogP contribution in [-0.4, -0.2) is 45.4 Å². The van der Waals surface area contributed by atoms with Gasteiger partial charge in [-0.05, 0) is 54.7 Å². The van der Waals surface area contributed by atoms with E-state index >= 15 is 0 Å². The molecule has 0 saturated heterocycles. The number of carbonyl (C=O) groups excluding carboxylic acids is 1. The van der Waals surface area contributed by atoms with Crippen LogP contribution < -0.4 is 9.47 Å². The normalized spacial score (nSPS) is 14.5. The monoisotopic (exact) mass is 456 g/mol. The molecular formula is C27H33FO5. The second kappa shape index (κ2) is 10.9. The van der Waals surface area contributed by atoms with Crippen LogP contribution in [0.1, 0.15) is 50.3 Å². The summed E-state index contributed by atoms with van der Waals surface area (Å²) in [6.07, 6.45) is 4.78. The first-order chi connectivity index (χ1) is 15.8. The standard InChI is InChI=1S/C27H33FO5/c1-18(2)23-21(7-6-12-29)24(19-8-10-20(28)11-9-19)26(32-16-15-31-14-13-30-5)25-22(23)17-27(3,4)33-25/h6-12,18H,13-17H2,1-5H3. The van der Waals surface area contributed by atoms with Gasteiger partial charge in [0.15, 0.2) is 11.5 Å². The van der Waals surface area contributed by atoms with Crippen molar-refractivity contribution in [2.75, 3.05) is 33.5 Å². The van der Waals surface area contributed by atoms with Crippen LogP contribution in [0.15, 0.2) is 30.3 Å². The van der Waals surface area contributed by atoms with E-state index in [1.54, 1.807) is 19.2 Å². The predicted molar refractivity (Wildman–Crippen MR) is 128 cm³/mol. The van der Waals surface area contributed by atoms with Gasteiger partial charge in [0.1, 0.15) is 24.3 Å². The summed E-state index contributed by atoms with van der Waals surface area (Å²) in [4.78, 5) is 11.3. The van der Waals surface area contributed by atoms with Crippen molar-refractivity contribution < 1.29 is 28.1 Å². The number of allylic oxidation sites excluding steroid dienone is 1. The third-order valence-electron chi connectivity index (χ3n) is 5.53. The highest BCUT2D eigenvalue weighted by molar-refractivity contribution is 5.89. The third-order valence-corrected chi connectivity index (χ3v) is 5.53. The molecule has 0 unspecified atom stereocenters. The molecule has 0 atom stereocenters. The summed E-state index contributed by atoms with van der Waals surface area (Å²) in [7, 11) is 1.63. The van der Waals surface area contributed by atoms with Crippen LogP contribution in [-0.2, 0) is 20.7 Å². The Bertz CT molecular complexity index is 993. The average Bonchev–Trinajstić information content (AvgIpc) is 3.09. The number of benzene rings is 2. The molecule has 2 aromatic carbocycles. The summed E-state index contributed by atoms with van der Waals surface area (Å²) in [6, 6.07) is 6.30. The molecule has 2 aromatic rings. The summed E-state index contributed by atoms with van der Waals surface area (Å²) >= 11 is 0. The first-order valence-corrected chi connectivity index (χ1v) is 11.3. The van der Waals surface area contributed by atoms with Crippen LogP contribution in [0, 0.1) is 5.82 Å². The summed E-state index contributed by atoms with van der Waals surface area (Å²) in [5, 5.41) is 0. The largest absolute Gasteiger partial charge is 0.487 e. The van der Waals surface area contributed by atoms with E-state index in [0.717, 1.165) is 40.5 Å². The van der Waals surface area contributed by atoms with Gasteiger partial charge in [0.05, 0.1) is 19.8 Å². The van der Waals surface area contributed by atoms with Gasteiger partial charge in [0, 0.05) is 24.7 Å². The third kappa shape index (κ3) is 5.81. The Kier molecular flexibility index (Phi) is 8.27. The molecule has 1 aliphatic rings. The minimum atomic E-state index is -0.397. The molecule has 3 rings (SSSR count). The lowest BCUT2D eigenvalue weighted by atomic mass is 9.83. The van der Waals surface area contributed by atoms with Gasteiger partial charge in [0.25, 0.3) is 0 Å². The number of aldehydes is 1. The van der Waals surface area contributed by atoms with Gasteiger partial charge in [-0.25, -0.2) is 4.39 Å². The Labute approximate surface area is 195 Å². The summed E-state index contributed by atoms with van der Waals surface area (Å²) < 4.78 is 37.0. The molecule has 0 amide bonds. The molecule has 0 fully saturated rings. The van der Waals surface area contributed by atoms with Gasteiger partial charge in [-0.1, -0.05) is 32.1 Å². The molecular weight excluding hydrogens is 423 g/mol. The maximum Gasteiger partial charge on any atom is 0.170 e. The van der Waals surface area contributed by atoms with Gasteiger partial charge in [0.2, 0.25) is 0 Å². The van der Waals surface area contributed by atoms with E-state index in [-0.39, 0.29) is 11.7 Å². The fourth-order valence-electron chi connectivity index (χ4n) is 4.27. The molecule has 6 heteroatoms. The molecule has 0 saturated carbocycles. The van der Waals surface area contributed by atoms with Gasteiger partial charge < -0.3 is 18.9 Å². The smallest absolute Gasteiger partial charge is 0.170 e. The second-order valence-electron chi connectivity index (χ2n) is 8.99. The quantitative estimate of drug-likeness (QED) is 0.251. The molecule has 0 spiro atoms. The maximum absolute atomic E-state index is 13.7. The van der Waals surface area contributed by atoms with Crippen LogP contribution >= 0.6 is 0 Å². The van der Waals surface area contributed by atoms with Crippen molar-refractivity contribution in [3.05, 3.63) is 52.8 Å². The fraction of sp³-hybridized carbons (Fsp3) is 0.444. The van der Waals surface area contributed by atoms with E-state index in [2.05, 4.69) is 13.8 Å². The van der Waals surface area contributed by atoms with Crippen LogP contribution in [0.3, 0.4) is 0 Å². The number of carbonyl (C=O) groups is 1. The number of hydrogen-bond donors (Lipinski definition) is 0. The van der Waals surface area contributed by atoms with Crippen molar-refractivity contribution in [3.63, 3.8) is 0 Å². The lowest BCUT2D eigenvalue weighted by Crippen LogP contribution is -2.25. The highest BCUT2D eigenvalue weighted by atomic mass is 19.1. The Balaban J connectivity index is 2.19. The zero-order valence-corrected chi connectivity index (χ0v) is 20.1. The number of halogens is 1. The highest BCUT2D eigenvalue weighted by Crippen LogP contribution is 2.53. The molecule has 178 valence electrons. The molecule has 0 bridgehead atoms. The van der Waals surface area contributed by atoms with Crippen LogP contribution in [0.5, 0.6) is 11.5 Å². The van der Waals surface area contributed by atoms with E-state index in [0.29, 0.717) is 37.9 Å². The average molecular weight is 457 g/mol. The van der Waals surface area contributed by atoms with Crippen molar-refractivity contribution in [1.29, 1.82) is 0 Å². The van der Waals surface area contributed by atoms with E-state index in [1.807, 2.05) is 19.9 Å². The Hall–Kier alpha value is -2.70. The van der Waals surface area contributed by atoms with E-state index in [9.17, 15) is 9.18 Å². The second-order valence-corrected chi connectivity index (χ2v) is 8.99. The molecule has 1 aliphatic heterocycles. The first-order valence-electron chi connectivity index (χ1n) is 11.3. The zero-order valence-electron chi connectivity index (χ0n) is 20.1. The molecule has 5 nitrogen and oxygen atoms in total. The fourth-order valence-corrected chi connectivity index (χ4v) is 4.27. The molecule has 0 radical (unpaired) electrons. The SMILES string of the molecule is COCCOCCOc1c2c(c(C(C)C)c(C=CC=O)c1-c1ccc(F)cc1)CC(C)(C)O2. The molecule has 0 aromatic heterocycles. The summed E-state index contributed by atoms with van der Waals surface area (Å²) in [6.45, 7) is 10.0. The van der Waals surface area contributed by atoms with Crippen LogP contribution in [0.2, 0.25) is 0 Å². The van der Waals surface area contributed by atoms with Crippen LogP contribution in [0.25, 0.3) is 17.2 Å². The number of ether oxygens (including phenoxy) is 4. The lowest BCUT2D eigenvalue weighted by Gasteiger charge is -2.24. The number of methoxy groups -OCH3 is 1. The van der Waals surface area contributed by atoms with Gasteiger partial charge in [-0.3, -0.25) is 4.79 Å². The minimum Gasteiger partial charge on any atom is -0.487 e. The number of fused-ring (bicyclic) bond motifs is 1. The van der Waals surface area contributed by atoms with E-state index in [1.165, 1.54) is 18.2 Å². The Morgan fingerprint density at radius 3 is 2.45 bits per heavy atom. The number of hydrogen-bond acceptors (Lipinski definition) is 5. The van der Waals surface area contributed by atoms with Crippen molar-refractivity contribution in [2.45, 2.75) is 45.6 Å². The Morgan fingerprint density at radius 2 is 1.82 bits per heavy atom. The predicted octanol–water partition coefficient (Wildman–Crippen LogP) is 5.58. The Morgan fingerprint density at radius 1 is 1.12 bits per heavy atom. The van der Waals surface area contributed by atoms with E-state index < -0.39 is 5.60 Å². The number of rotatable bonds is 11. The molecule has 1 heterocycles.